The second-order valence-electron chi connectivity index (χ2n) is 9.10. The maximum Gasteiger partial charge on any atom is 0.341 e. The minimum absolute atomic E-state index is 0.140. The first-order valence-corrected chi connectivity index (χ1v) is 14.6. The Morgan fingerprint density at radius 2 is 1.88 bits per heavy atom. The molecule has 11 nitrogen and oxygen atoms in total. The maximum atomic E-state index is 13.1. The molecule has 13 heteroatoms. The van der Waals surface area contributed by atoms with E-state index in [-0.39, 0.29) is 25.0 Å². The summed E-state index contributed by atoms with van der Waals surface area (Å²) in [6.45, 7) is 3.95. The molecule has 2 aromatic heterocycles. The van der Waals surface area contributed by atoms with Crippen LogP contribution >= 0.6 is 23.1 Å². The Morgan fingerprint density at radius 3 is 2.60 bits per heavy atom. The van der Waals surface area contributed by atoms with E-state index < -0.39 is 11.2 Å². The number of carbonyl (C=O) groups is 3. The van der Waals surface area contributed by atoms with Crippen LogP contribution in [0.3, 0.4) is 0 Å². The highest BCUT2D eigenvalue weighted by molar-refractivity contribution is 8.00. The Hall–Kier alpha value is -3.58. The van der Waals surface area contributed by atoms with Gasteiger partial charge in [-0.15, -0.1) is 21.5 Å². The molecular formula is C27H33N5O6S2. The van der Waals surface area contributed by atoms with Gasteiger partial charge in [-0.2, -0.15) is 0 Å². The van der Waals surface area contributed by atoms with Gasteiger partial charge in [-0.1, -0.05) is 11.8 Å². The molecule has 0 saturated heterocycles. The van der Waals surface area contributed by atoms with Gasteiger partial charge in [0.05, 0.1) is 38.2 Å². The number of nitrogens with zero attached hydrogens (tertiary/aromatic N) is 3. The van der Waals surface area contributed by atoms with Crippen LogP contribution in [-0.4, -0.2) is 58.6 Å². The number of methoxy groups -OCH3 is 2. The summed E-state index contributed by atoms with van der Waals surface area (Å²) in [5.74, 6) is 0.562. The number of esters is 1. The fourth-order valence-corrected chi connectivity index (χ4v) is 6.45. The van der Waals surface area contributed by atoms with Crippen molar-refractivity contribution in [3.05, 3.63) is 45.6 Å². The number of fused-ring (bicyclic) bond motifs is 1. The molecule has 1 atom stereocenters. The molecule has 0 bridgehead atoms. The molecule has 2 amide bonds. The van der Waals surface area contributed by atoms with Gasteiger partial charge in [-0.25, -0.2) is 4.79 Å². The molecule has 40 heavy (non-hydrogen) atoms. The van der Waals surface area contributed by atoms with Gasteiger partial charge in [0.25, 0.3) is 5.91 Å². The summed E-state index contributed by atoms with van der Waals surface area (Å²) in [6, 6.07) is 4.91. The minimum atomic E-state index is -0.522. The van der Waals surface area contributed by atoms with Crippen LogP contribution in [0.5, 0.6) is 11.5 Å². The molecule has 3 aromatic rings. The van der Waals surface area contributed by atoms with E-state index in [1.165, 1.54) is 37.3 Å². The van der Waals surface area contributed by atoms with Gasteiger partial charge in [0.2, 0.25) is 5.91 Å². The van der Waals surface area contributed by atoms with Gasteiger partial charge in [-0.05, 0) is 63.3 Å². The van der Waals surface area contributed by atoms with Crippen molar-refractivity contribution in [3.8, 4) is 11.5 Å². The summed E-state index contributed by atoms with van der Waals surface area (Å²) < 4.78 is 17.5. The van der Waals surface area contributed by atoms with E-state index in [4.69, 9.17) is 14.2 Å². The standard InChI is InChI=1S/C27H33N5O6S2/c1-6-38-26(35)22-17-9-7-8-10-20(17)40-25(22)29-23(33)15(2)39-27-31-30-21(32(27)3)14-28-24(34)16-11-12-18(36-4)19(13-16)37-5/h11-13,15H,6-10,14H2,1-5H3,(H,28,34)(H,29,33). The van der Waals surface area contributed by atoms with Gasteiger partial charge < -0.3 is 29.4 Å². The number of nitrogens with one attached hydrogen (secondary N) is 2. The molecule has 2 heterocycles. The van der Waals surface area contributed by atoms with Crippen LogP contribution in [0.1, 0.15) is 63.7 Å². The Morgan fingerprint density at radius 1 is 1.12 bits per heavy atom. The van der Waals surface area contributed by atoms with Crippen LogP contribution in [-0.2, 0) is 36.0 Å². The van der Waals surface area contributed by atoms with Crippen LogP contribution < -0.4 is 20.1 Å². The van der Waals surface area contributed by atoms with Crippen molar-refractivity contribution in [3.63, 3.8) is 0 Å². The third-order valence-corrected chi connectivity index (χ3v) is 8.86. The number of carbonyl (C=O) groups excluding carboxylic acids is 3. The Bertz CT molecular complexity index is 1400. The normalized spacial score (nSPS) is 13.2. The number of hydrogen-bond donors (Lipinski definition) is 2. The van der Waals surface area contributed by atoms with E-state index in [0.29, 0.717) is 38.6 Å². The number of thiophene rings is 1. The number of anilines is 1. The smallest absolute Gasteiger partial charge is 0.341 e. The number of aromatic nitrogens is 3. The number of benzene rings is 1. The minimum Gasteiger partial charge on any atom is -0.493 e. The lowest BCUT2D eigenvalue weighted by Crippen LogP contribution is -2.25. The summed E-state index contributed by atoms with van der Waals surface area (Å²) in [4.78, 5) is 39.7. The second kappa shape index (κ2) is 13.2. The van der Waals surface area contributed by atoms with Crippen molar-refractivity contribution < 1.29 is 28.6 Å². The highest BCUT2D eigenvalue weighted by atomic mass is 32.2. The van der Waals surface area contributed by atoms with Gasteiger partial charge in [0, 0.05) is 17.5 Å². The maximum absolute atomic E-state index is 13.1. The fourth-order valence-electron chi connectivity index (χ4n) is 4.34. The third-order valence-electron chi connectivity index (χ3n) is 6.52. The van der Waals surface area contributed by atoms with Crippen LogP contribution in [0, 0.1) is 0 Å². The predicted octanol–water partition coefficient (Wildman–Crippen LogP) is 4.00. The molecule has 4 rings (SSSR count). The average molecular weight is 588 g/mol. The first-order chi connectivity index (χ1) is 19.3. The molecule has 2 N–H and O–H groups in total. The number of ether oxygens (including phenoxy) is 3. The molecule has 1 aromatic carbocycles. The Balaban J connectivity index is 1.39. The number of thioether (sulfide) groups is 1. The summed E-state index contributed by atoms with van der Waals surface area (Å²) in [5.41, 5.74) is 1.90. The Kier molecular flexibility index (Phi) is 9.69. The molecular weight excluding hydrogens is 554 g/mol. The molecule has 0 aliphatic heterocycles. The fraction of sp³-hybridized carbons (Fsp3) is 0.444. The van der Waals surface area contributed by atoms with E-state index in [1.807, 2.05) is 0 Å². The van der Waals surface area contributed by atoms with Crippen LogP contribution in [0.25, 0.3) is 0 Å². The van der Waals surface area contributed by atoms with E-state index in [1.54, 1.807) is 43.7 Å². The molecule has 1 unspecified atom stereocenters. The van der Waals surface area contributed by atoms with Crippen LogP contribution in [0.2, 0.25) is 0 Å². The van der Waals surface area contributed by atoms with E-state index in [9.17, 15) is 14.4 Å². The van der Waals surface area contributed by atoms with Gasteiger partial charge >= 0.3 is 5.97 Å². The largest absolute Gasteiger partial charge is 0.493 e. The number of aryl methyl sites for hydroxylation is 1. The monoisotopic (exact) mass is 587 g/mol. The number of hydrogen-bond acceptors (Lipinski definition) is 10. The quantitative estimate of drug-likeness (QED) is 0.252. The summed E-state index contributed by atoms with van der Waals surface area (Å²) in [6.07, 6.45) is 3.79. The third kappa shape index (κ3) is 6.41. The zero-order chi connectivity index (χ0) is 28.8. The van der Waals surface area contributed by atoms with Crippen molar-refractivity contribution in [1.29, 1.82) is 0 Å². The van der Waals surface area contributed by atoms with Gasteiger partial charge in [0.15, 0.2) is 22.5 Å². The SMILES string of the molecule is CCOC(=O)c1c(NC(=O)C(C)Sc2nnc(CNC(=O)c3ccc(OC)c(OC)c3)n2C)sc2c1CCCC2. The summed E-state index contributed by atoms with van der Waals surface area (Å²) >= 11 is 2.70. The molecule has 0 radical (unpaired) electrons. The van der Waals surface area contributed by atoms with Crippen LogP contribution in [0.4, 0.5) is 5.00 Å². The molecule has 1 aliphatic rings. The molecule has 0 fully saturated rings. The molecule has 214 valence electrons. The zero-order valence-corrected chi connectivity index (χ0v) is 24.8. The van der Waals surface area contributed by atoms with Crippen molar-refractivity contribution in [2.45, 2.75) is 56.5 Å². The van der Waals surface area contributed by atoms with E-state index in [2.05, 4.69) is 20.8 Å². The van der Waals surface area contributed by atoms with Crippen molar-refractivity contribution >= 4 is 45.9 Å². The average Bonchev–Trinajstić information content (AvgIpc) is 3.50. The zero-order valence-electron chi connectivity index (χ0n) is 23.2. The van der Waals surface area contributed by atoms with E-state index >= 15 is 0 Å². The lowest BCUT2D eigenvalue weighted by atomic mass is 9.95. The Labute approximate surface area is 241 Å². The highest BCUT2D eigenvalue weighted by Crippen LogP contribution is 2.39. The van der Waals surface area contributed by atoms with Crippen molar-refractivity contribution in [2.24, 2.45) is 7.05 Å². The predicted molar refractivity (Wildman–Crippen MR) is 153 cm³/mol. The van der Waals surface area contributed by atoms with Gasteiger partial charge in [0.1, 0.15) is 5.00 Å². The van der Waals surface area contributed by atoms with Gasteiger partial charge in [-0.3, -0.25) is 9.59 Å². The molecule has 0 spiro atoms. The lowest BCUT2D eigenvalue weighted by Gasteiger charge is -2.13. The highest BCUT2D eigenvalue weighted by Gasteiger charge is 2.29. The first-order valence-electron chi connectivity index (χ1n) is 12.9. The lowest BCUT2D eigenvalue weighted by molar-refractivity contribution is -0.115. The topological polar surface area (TPSA) is 134 Å². The second-order valence-corrected chi connectivity index (χ2v) is 11.5. The summed E-state index contributed by atoms with van der Waals surface area (Å²) in [5, 5.41) is 14.7. The van der Waals surface area contributed by atoms with Crippen molar-refractivity contribution in [1.82, 2.24) is 20.1 Å². The number of amides is 2. The summed E-state index contributed by atoms with van der Waals surface area (Å²) in [7, 11) is 4.81. The first kappa shape index (κ1) is 29.4. The van der Waals surface area contributed by atoms with E-state index in [0.717, 1.165) is 36.1 Å². The molecule has 1 aliphatic carbocycles. The van der Waals surface area contributed by atoms with Crippen LogP contribution in [0.15, 0.2) is 23.4 Å². The number of rotatable bonds is 11. The van der Waals surface area contributed by atoms with Crippen molar-refractivity contribution in [2.75, 3.05) is 26.1 Å². The molecule has 0 saturated carbocycles.